The van der Waals surface area contributed by atoms with Crippen LogP contribution in [0, 0.1) is 6.92 Å². The minimum Gasteiger partial charge on any atom is -0.495 e. The van der Waals surface area contributed by atoms with E-state index in [2.05, 4.69) is 27.2 Å². The van der Waals surface area contributed by atoms with Crippen LogP contribution in [0.15, 0.2) is 37.2 Å². The topological polar surface area (TPSA) is 76.1 Å². The first-order chi connectivity index (χ1) is 11.0. The van der Waals surface area contributed by atoms with Crippen molar-refractivity contribution in [3.63, 3.8) is 0 Å². The van der Waals surface area contributed by atoms with E-state index in [1.54, 1.807) is 18.2 Å². The van der Waals surface area contributed by atoms with Gasteiger partial charge in [0.25, 0.3) is 5.91 Å². The smallest absolute Gasteiger partial charge is 0.258 e. The van der Waals surface area contributed by atoms with Gasteiger partial charge in [0.1, 0.15) is 5.75 Å². The van der Waals surface area contributed by atoms with Gasteiger partial charge in [-0.1, -0.05) is 17.7 Å². The Bertz CT molecular complexity index is 717. The molecule has 0 fully saturated rings. The number of nitrogens with zero attached hydrogens (tertiary/aromatic N) is 2. The van der Waals surface area contributed by atoms with Crippen LogP contribution in [0.5, 0.6) is 5.75 Å². The average molecular weight is 333 g/mol. The van der Waals surface area contributed by atoms with Crippen LogP contribution in [-0.4, -0.2) is 29.5 Å². The zero-order valence-electron chi connectivity index (χ0n) is 12.9. The highest BCUT2D eigenvalue weighted by molar-refractivity contribution is 6.31. The van der Waals surface area contributed by atoms with Crippen LogP contribution in [0.4, 0.5) is 11.6 Å². The Morgan fingerprint density at radius 2 is 2.09 bits per heavy atom. The second-order valence-corrected chi connectivity index (χ2v) is 5.13. The summed E-state index contributed by atoms with van der Waals surface area (Å²) in [5, 5.41) is 6.27. The van der Waals surface area contributed by atoms with Crippen molar-refractivity contribution in [1.82, 2.24) is 9.97 Å². The van der Waals surface area contributed by atoms with Crippen molar-refractivity contribution in [3.05, 3.63) is 53.3 Å². The molecule has 0 aliphatic carbocycles. The van der Waals surface area contributed by atoms with Crippen molar-refractivity contribution >= 4 is 29.1 Å². The van der Waals surface area contributed by atoms with E-state index in [1.165, 1.54) is 19.5 Å². The summed E-state index contributed by atoms with van der Waals surface area (Å²) in [6.07, 6.45) is 4.59. The first-order valence-electron chi connectivity index (χ1n) is 6.87. The fraction of sp³-hybridized carbons (Fsp3) is 0.188. The molecule has 0 spiro atoms. The maximum absolute atomic E-state index is 12.3. The molecule has 6 nitrogen and oxygen atoms in total. The largest absolute Gasteiger partial charge is 0.495 e. The lowest BCUT2D eigenvalue weighted by Crippen LogP contribution is -2.14. The molecular weight excluding hydrogens is 316 g/mol. The fourth-order valence-corrected chi connectivity index (χ4v) is 1.98. The Kier molecular flexibility index (Phi) is 5.54. The molecule has 1 aromatic carbocycles. The maximum Gasteiger partial charge on any atom is 0.258 e. The minimum absolute atomic E-state index is 0.333. The quantitative estimate of drug-likeness (QED) is 0.794. The van der Waals surface area contributed by atoms with Crippen LogP contribution >= 0.6 is 11.6 Å². The first-order valence-corrected chi connectivity index (χ1v) is 7.25. The molecule has 23 heavy (non-hydrogen) atoms. The molecule has 0 bridgehead atoms. The summed E-state index contributed by atoms with van der Waals surface area (Å²) in [4.78, 5) is 20.4. The number of hydrogen-bond acceptors (Lipinski definition) is 5. The van der Waals surface area contributed by atoms with Gasteiger partial charge in [-0.25, -0.2) is 9.97 Å². The van der Waals surface area contributed by atoms with E-state index in [-0.39, 0.29) is 5.91 Å². The van der Waals surface area contributed by atoms with Crippen molar-refractivity contribution in [1.29, 1.82) is 0 Å². The van der Waals surface area contributed by atoms with Crippen molar-refractivity contribution in [2.45, 2.75) is 6.92 Å². The number of nitrogens with one attached hydrogen (secondary N) is 2. The zero-order chi connectivity index (χ0) is 16.8. The Morgan fingerprint density at radius 1 is 1.39 bits per heavy atom. The van der Waals surface area contributed by atoms with E-state index in [1.807, 2.05) is 6.92 Å². The predicted octanol–water partition coefficient (Wildman–Crippen LogP) is 3.30. The number of carbonyl (C=O) groups excluding carboxylic acids is 1. The highest BCUT2D eigenvalue weighted by Crippen LogP contribution is 2.31. The van der Waals surface area contributed by atoms with Crippen LogP contribution in [-0.2, 0) is 0 Å². The third-order valence-electron chi connectivity index (χ3n) is 3.05. The van der Waals surface area contributed by atoms with Gasteiger partial charge in [0.05, 0.1) is 18.4 Å². The molecule has 120 valence electrons. The van der Waals surface area contributed by atoms with E-state index in [9.17, 15) is 4.79 Å². The third-order valence-corrected chi connectivity index (χ3v) is 3.45. The van der Waals surface area contributed by atoms with Gasteiger partial charge in [0.2, 0.25) is 5.95 Å². The SMILES string of the molecule is C=CCNc1ncc(C(=O)Nc2cc(C)c(Cl)cc2OC)cn1. The number of halogens is 1. The molecule has 0 aliphatic rings. The van der Waals surface area contributed by atoms with Crippen LogP contribution in [0.2, 0.25) is 5.02 Å². The lowest BCUT2D eigenvalue weighted by molar-refractivity contribution is 0.102. The highest BCUT2D eigenvalue weighted by atomic mass is 35.5. The van der Waals surface area contributed by atoms with Gasteiger partial charge in [-0.15, -0.1) is 6.58 Å². The van der Waals surface area contributed by atoms with Gasteiger partial charge < -0.3 is 15.4 Å². The molecule has 1 heterocycles. The molecule has 0 aliphatic heterocycles. The maximum atomic E-state index is 12.3. The molecule has 1 aromatic heterocycles. The molecule has 0 saturated carbocycles. The number of anilines is 2. The highest BCUT2D eigenvalue weighted by Gasteiger charge is 2.12. The summed E-state index contributed by atoms with van der Waals surface area (Å²) >= 11 is 6.05. The molecule has 0 unspecified atom stereocenters. The number of aryl methyl sites for hydroxylation is 1. The second kappa shape index (κ2) is 7.60. The van der Waals surface area contributed by atoms with Gasteiger partial charge in [0, 0.05) is 30.0 Å². The summed E-state index contributed by atoms with van der Waals surface area (Å²) in [6.45, 7) is 5.99. The van der Waals surface area contributed by atoms with E-state index in [0.717, 1.165) is 5.56 Å². The summed E-state index contributed by atoms with van der Waals surface area (Å²) in [5.74, 6) is 0.584. The van der Waals surface area contributed by atoms with Gasteiger partial charge >= 0.3 is 0 Å². The van der Waals surface area contributed by atoms with Crippen molar-refractivity contribution in [2.24, 2.45) is 0 Å². The molecule has 0 saturated heterocycles. The van der Waals surface area contributed by atoms with Gasteiger partial charge in [-0.05, 0) is 18.6 Å². The first kappa shape index (κ1) is 16.8. The number of methoxy groups -OCH3 is 1. The van der Waals surface area contributed by atoms with Crippen LogP contribution < -0.4 is 15.4 Å². The lowest BCUT2D eigenvalue weighted by atomic mass is 10.2. The number of benzene rings is 1. The van der Waals surface area contributed by atoms with Gasteiger partial charge in [0.15, 0.2) is 0 Å². The van der Waals surface area contributed by atoms with E-state index < -0.39 is 0 Å². The van der Waals surface area contributed by atoms with Crippen LogP contribution in [0.25, 0.3) is 0 Å². The van der Waals surface area contributed by atoms with E-state index in [0.29, 0.717) is 34.5 Å². The number of amides is 1. The molecular formula is C16H17ClN4O2. The molecule has 7 heteroatoms. The van der Waals surface area contributed by atoms with Crippen LogP contribution in [0.3, 0.4) is 0 Å². The predicted molar refractivity (Wildman–Crippen MR) is 91.4 cm³/mol. The summed E-state index contributed by atoms with van der Waals surface area (Å²) in [5.41, 5.74) is 1.71. The molecule has 2 N–H and O–H groups in total. The third kappa shape index (κ3) is 4.20. The summed E-state index contributed by atoms with van der Waals surface area (Å²) in [6, 6.07) is 3.41. The fourth-order valence-electron chi connectivity index (χ4n) is 1.82. The molecule has 2 aromatic rings. The number of ether oxygens (including phenoxy) is 1. The van der Waals surface area contributed by atoms with E-state index >= 15 is 0 Å². The monoisotopic (exact) mass is 332 g/mol. The van der Waals surface area contributed by atoms with Crippen molar-refractivity contribution in [2.75, 3.05) is 24.3 Å². The molecule has 0 radical (unpaired) electrons. The molecule has 0 atom stereocenters. The Labute approximate surface area is 139 Å². The number of hydrogen-bond donors (Lipinski definition) is 2. The average Bonchev–Trinajstić information content (AvgIpc) is 2.56. The van der Waals surface area contributed by atoms with E-state index in [4.69, 9.17) is 16.3 Å². The van der Waals surface area contributed by atoms with Crippen LogP contribution in [0.1, 0.15) is 15.9 Å². The second-order valence-electron chi connectivity index (χ2n) is 4.72. The standard InChI is InChI=1S/C16H17ClN4O2/c1-4-5-18-16-19-8-11(9-20-16)15(22)21-13-6-10(2)12(17)7-14(13)23-3/h4,6-9H,1,5H2,2-3H3,(H,21,22)(H,18,19,20). The Balaban J connectivity index is 2.15. The Morgan fingerprint density at radius 3 is 2.70 bits per heavy atom. The minimum atomic E-state index is -0.333. The summed E-state index contributed by atoms with van der Waals surface area (Å²) in [7, 11) is 1.51. The van der Waals surface area contributed by atoms with Crippen molar-refractivity contribution < 1.29 is 9.53 Å². The lowest BCUT2D eigenvalue weighted by Gasteiger charge is -2.12. The molecule has 1 amide bonds. The molecule has 2 rings (SSSR count). The Hall–Kier alpha value is -2.60. The summed E-state index contributed by atoms with van der Waals surface area (Å²) < 4.78 is 5.23. The van der Waals surface area contributed by atoms with Crippen molar-refractivity contribution in [3.8, 4) is 5.75 Å². The number of carbonyl (C=O) groups is 1. The number of rotatable bonds is 6. The number of aromatic nitrogens is 2. The normalized spacial score (nSPS) is 10.0. The zero-order valence-corrected chi connectivity index (χ0v) is 13.6. The van der Waals surface area contributed by atoms with Gasteiger partial charge in [-0.2, -0.15) is 0 Å². The van der Waals surface area contributed by atoms with Gasteiger partial charge in [-0.3, -0.25) is 4.79 Å².